The van der Waals surface area contributed by atoms with Crippen molar-refractivity contribution in [3.8, 4) is 0 Å². The van der Waals surface area contributed by atoms with Crippen molar-refractivity contribution in [2.75, 3.05) is 0 Å². The molecule has 1 rings (SSSR count). The van der Waals surface area contributed by atoms with Crippen LogP contribution in [0.15, 0.2) is 10.6 Å². The molecule has 0 aromatic carbocycles. The van der Waals surface area contributed by atoms with E-state index in [1.807, 2.05) is 0 Å². The molecule has 1 aromatic heterocycles. The van der Waals surface area contributed by atoms with Crippen LogP contribution in [0.25, 0.3) is 0 Å². The highest BCUT2D eigenvalue weighted by atomic mass is 32.2. The second-order valence-corrected chi connectivity index (χ2v) is 6.60. The highest BCUT2D eigenvalue weighted by molar-refractivity contribution is 7.85. The van der Waals surface area contributed by atoms with Gasteiger partial charge in [-0.3, -0.25) is 4.68 Å². The fourth-order valence-electron chi connectivity index (χ4n) is 1.16. The molecule has 1 heterocycles. The Hall–Kier alpha value is -1.18. The van der Waals surface area contributed by atoms with E-state index in [0.717, 1.165) is 17.1 Å². The minimum atomic E-state index is -4.52. The van der Waals surface area contributed by atoms with Gasteiger partial charge in [0.05, 0.1) is 10.9 Å². The van der Waals surface area contributed by atoms with Crippen molar-refractivity contribution in [1.29, 1.82) is 0 Å². The third-order valence-corrected chi connectivity index (χ3v) is 3.39. The first-order chi connectivity index (χ1) is 8.03. The fourth-order valence-corrected chi connectivity index (χ4v) is 1.68. The maximum atomic E-state index is 12.7. The Morgan fingerprint density at radius 3 is 2.39 bits per heavy atom. The Kier molecular flexibility index (Phi) is 3.99. The summed E-state index contributed by atoms with van der Waals surface area (Å²) in [5.41, 5.74) is -1.10. The molecule has 18 heavy (non-hydrogen) atoms. The van der Waals surface area contributed by atoms with E-state index in [1.165, 1.54) is 7.05 Å². The van der Waals surface area contributed by atoms with Crippen LogP contribution < -0.4 is 0 Å². The van der Waals surface area contributed by atoms with Crippen molar-refractivity contribution in [2.45, 2.75) is 31.7 Å². The Balaban J connectivity index is 3.07. The van der Waals surface area contributed by atoms with E-state index in [2.05, 4.69) is 9.50 Å². The molecule has 0 spiro atoms. The number of aryl methyl sites for hydroxylation is 1. The van der Waals surface area contributed by atoms with Gasteiger partial charge in [-0.1, -0.05) is 0 Å². The van der Waals surface area contributed by atoms with E-state index in [-0.39, 0.29) is 5.56 Å². The van der Waals surface area contributed by atoms with Gasteiger partial charge in [0.15, 0.2) is 5.69 Å². The monoisotopic (exact) mass is 281 g/mol. The lowest BCUT2D eigenvalue weighted by Crippen LogP contribution is -2.20. The van der Waals surface area contributed by atoms with E-state index in [4.69, 9.17) is 0 Å². The lowest BCUT2D eigenvalue weighted by atomic mass is 10.2. The molecule has 1 aromatic rings. The average Bonchev–Trinajstić information content (AvgIpc) is 2.53. The summed E-state index contributed by atoms with van der Waals surface area (Å²) in [6.07, 6.45) is -2.51. The number of aromatic nitrogens is 2. The van der Waals surface area contributed by atoms with Crippen LogP contribution in [0.1, 0.15) is 32.0 Å². The van der Waals surface area contributed by atoms with Gasteiger partial charge in [-0.05, 0) is 20.8 Å². The molecule has 0 unspecified atom stereocenters. The first-order valence-corrected chi connectivity index (χ1v) is 6.19. The zero-order chi connectivity index (χ0) is 14.1. The van der Waals surface area contributed by atoms with Crippen LogP contribution in [0.4, 0.5) is 13.2 Å². The van der Waals surface area contributed by atoms with E-state index in [9.17, 15) is 17.4 Å². The van der Waals surface area contributed by atoms with Crippen molar-refractivity contribution in [1.82, 2.24) is 9.78 Å². The SMILES string of the molecule is Cn1ncc(/C=N/[S@](=O)C(C)(C)C)c1C(F)(F)F. The van der Waals surface area contributed by atoms with E-state index >= 15 is 0 Å². The topological polar surface area (TPSA) is 47.2 Å². The molecule has 8 heteroatoms. The second-order valence-electron chi connectivity index (χ2n) is 4.67. The van der Waals surface area contributed by atoms with E-state index in [0.29, 0.717) is 0 Å². The first-order valence-electron chi connectivity index (χ1n) is 5.08. The Labute approximate surface area is 105 Å². The molecule has 0 fully saturated rings. The molecule has 0 aliphatic carbocycles. The molecule has 0 N–H and O–H groups in total. The summed E-state index contributed by atoms with van der Waals surface area (Å²) in [7, 11) is -0.403. The molecule has 0 aliphatic rings. The summed E-state index contributed by atoms with van der Waals surface area (Å²) >= 11 is 0. The predicted octanol–water partition coefficient (Wildman–Crippen LogP) is 2.32. The normalized spacial score (nSPS) is 15.3. The van der Waals surface area contributed by atoms with Crippen LogP contribution in [0, 0.1) is 0 Å². The predicted molar refractivity (Wildman–Crippen MR) is 63.7 cm³/mol. The van der Waals surface area contributed by atoms with Crippen LogP contribution in [0.3, 0.4) is 0 Å². The van der Waals surface area contributed by atoms with E-state index < -0.39 is 27.6 Å². The zero-order valence-electron chi connectivity index (χ0n) is 10.4. The van der Waals surface area contributed by atoms with Gasteiger partial charge >= 0.3 is 6.18 Å². The molecular weight excluding hydrogens is 267 g/mol. The number of alkyl halides is 3. The van der Waals surface area contributed by atoms with Crippen LogP contribution in [-0.4, -0.2) is 25.0 Å². The molecule has 102 valence electrons. The summed E-state index contributed by atoms with van der Waals surface area (Å²) in [4.78, 5) is 0. The van der Waals surface area contributed by atoms with Crippen molar-refractivity contribution in [3.05, 3.63) is 17.5 Å². The molecule has 0 saturated heterocycles. The first kappa shape index (κ1) is 14.9. The molecule has 4 nitrogen and oxygen atoms in total. The number of nitrogens with zero attached hydrogens (tertiary/aromatic N) is 3. The van der Waals surface area contributed by atoms with E-state index in [1.54, 1.807) is 20.8 Å². The molecule has 0 radical (unpaired) electrons. The van der Waals surface area contributed by atoms with Gasteiger partial charge in [0.25, 0.3) is 0 Å². The van der Waals surface area contributed by atoms with Gasteiger partial charge < -0.3 is 0 Å². The fraction of sp³-hybridized carbons (Fsp3) is 0.600. The highest BCUT2D eigenvalue weighted by Crippen LogP contribution is 2.30. The van der Waals surface area contributed by atoms with Crippen molar-refractivity contribution in [2.24, 2.45) is 11.4 Å². The molecule has 0 saturated carbocycles. The van der Waals surface area contributed by atoms with Crippen LogP contribution >= 0.6 is 0 Å². The number of rotatable bonds is 2. The van der Waals surface area contributed by atoms with Gasteiger partial charge in [-0.25, -0.2) is 4.21 Å². The maximum absolute atomic E-state index is 12.7. The molecule has 0 bridgehead atoms. The van der Waals surface area contributed by atoms with Crippen molar-refractivity contribution in [3.63, 3.8) is 0 Å². The van der Waals surface area contributed by atoms with Crippen LogP contribution in [0.2, 0.25) is 0 Å². The summed E-state index contributed by atoms with van der Waals surface area (Å²) in [5, 5.41) is 3.53. The summed E-state index contributed by atoms with van der Waals surface area (Å²) in [6, 6.07) is 0. The van der Waals surface area contributed by atoms with Gasteiger partial charge in [-0.15, -0.1) is 0 Å². The number of hydrogen-bond acceptors (Lipinski definition) is 2. The van der Waals surface area contributed by atoms with Crippen LogP contribution in [-0.2, 0) is 24.2 Å². The number of halogens is 3. The average molecular weight is 281 g/mol. The minimum Gasteiger partial charge on any atom is -0.263 e. The quantitative estimate of drug-likeness (QED) is 0.781. The third kappa shape index (κ3) is 3.41. The number of hydrogen-bond donors (Lipinski definition) is 0. The van der Waals surface area contributed by atoms with Gasteiger partial charge in [0.1, 0.15) is 11.0 Å². The summed E-state index contributed by atoms with van der Waals surface area (Å²) < 4.78 is 53.5. The highest BCUT2D eigenvalue weighted by Gasteiger charge is 2.37. The standard InChI is InChI=1S/C10H14F3N3OS/c1-9(2,3)18(17)15-6-7-5-14-16(4)8(7)10(11,12)13/h5-6H,1-4H3/b15-6+/t18-/m1/s1. The van der Waals surface area contributed by atoms with Gasteiger partial charge in [0, 0.05) is 18.8 Å². The smallest absolute Gasteiger partial charge is 0.263 e. The Morgan fingerprint density at radius 2 is 1.94 bits per heavy atom. The lowest BCUT2D eigenvalue weighted by molar-refractivity contribution is -0.143. The minimum absolute atomic E-state index is 0.192. The molecule has 0 aliphatic heterocycles. The summed E-state index contributed by atoms with van der Waals surface area (Å²) in [5.74, 6) is 0. The molecule has 1 atom stereocenters. The Bertz CT molecular complexity index is 486. The van der Waals surface area contributed by atoms with Crippen molar-refractivity contribution < 1.29 is 17.4 Å². The third-order valence-electron chi connectivity index (χ3n) is 2.05. The van der Waals surface area contributed by atoms with Gasteiger partial charge in [0.2, 0.25) is 0 Å². The zero-order valence-corrected chi connectivity index (χ0v) is 11.3. The van der Waals surface area contributed by atoms with Gasteiger partial charge in [-0.2, -0.15) is 22.7 Å². The molecule has 0 amide bonds. The van der Waals surface area contributed by atoms with Crippen LogP contribution in [0.5, 0.6) is 0 Å². The largest absolute Gasteiger partial charge is 0.433 e. The molecular formula is C10H14F3N3OS. The lowest BCUT2D eigenvalue weighted by Gasteiger charge is -2.12. The van der Waals surface area contributed by atoms with Crippen molar-refractivity contribution >= 4 is 17.2 Å². The second kappa shape index (κ2) is 4.83. The summed E-state index contributed by atoms with van der Waals surface area (Å²) in [6.45, 7) is 5.07. The maximum Gasteiger partial charge on any atom is 0.433 e. The Morgan fingerprint density at radius 1 is 1.39 bits per heavy atom.